The summed E-state index contributed by atoms with van der Waals surface area (Å²) in [6, 6.07) is 5.22. The number of nitrogen functional groups attached to an aromatic ring is 1. The summed E-state index contributed by atoms with van der Waals surface area (Å²) in [5, 5.41) is 3.91. The standard InChI is InChI=1S/C13H14ClN3O2S/c1-13(2,12(16)19)17-11(18)10-9(15)7-4-3-6(14)5-8(7)20-10/h3-5H,15H2,1-2H3,(H2,16,19)(H,17,18). The van der Waals surface area contributed by atoms with E-state index in [2.05, 4.69) is 5.32 Å². The van der Waals surface area contributed by atoms with E-state index in [1.807, 2.05) is 0 Å². The quantitative estimate of drug-likeness (QED) is 0.809. The second-order valence-corrected chi connectivity index (χ2v) is 6.42. The molecule has 0 aliphatic carbocycles. The molecule has 0 aliphatic heterocycles. The van der Waals surface area contributed by atoms with Gasteiger partial charge in [0.2, 0.25) is 5.91 Å². The Kier molecular flexibility index (Phi) is 3.62. The molecular formula is C13H14ClN3O2S. The Hall–Kier alpha value is -1.79. The molecule has 0 bridgehead atoms. The van der Waals surface area contributed by atoms with E-state index >= 15 is 0 Å². The molecule has 0 aliphatic rings. The third-order valence-electron chi connectivity index (χ3n) is 2.94. The van der Waals surface area contributed by atoms with E-state index in [0.717, 1.165) is 10.1 Å². The molecule has 0 saturated carbocycles. The molecule has 1 aromatic heterocycles. The maximum absolute atomic E-state index is 12.2. The maximum atomic E-state index is 12.2. The lowest BCUT2D eigenvalue weighted by molar-refractivity contribution is -0.122. The number of hydrogen-bond donors (Lipinski definition) is 3. The van der Waals surface area contributed by atoms with Crippen LogP contribution in [0.4, 0.5) is 5.69 Å². The van der Waals surface area contributed by atoms with Gasteiger partial charge >= 0.3 is 0 Å². The molecule has 0 saturated heterocycles. The van der Waals surface area contributed by atoms with Gasteiger partial charge in [-0.25, -0.2) is 0 Å². The molecule has 0 fully saturated rings. The highest BCUT2D eigenvalue weighted by Gasteiger charge is 2.29. The van der Waals surface area contributed by atoms with Crippen LogP contribution in [0, 0.1) is 0 Å². The smallest absolute Gasteiger partial charge is 0.264 e. The van der Waals surface area contributed by atoms with Crippen molar-refractivity contribution in [2.45, 2.75) is 19.4 Å². The van der Waals surface area contributed by atoms with Crippen molar-refractivity contribution in [1.82, 2.24) is 5.32 Å². The van der Waals surface area contributed by atoms with Crippen LogP contribution < -0.4 is 16.8 Å². The molecule has 0 unspecified atom stereocenters. The van der Waals surface area contributed by atoms with Crippen molar-refractivity contribution in [2.24, 2.45) is 5.73 Å². The van der Waals surface area contributed by atoms with Gasteiger partial charge in [-0.15, -0.1) is 11.3 Å². The summed E-state index contributed by atoms with van der Waals surface area (Å²) in [4.78, 5) is 23.8. The Morgan fingerprint density at radius 2 is 2.00 bits per heavy atom. The molecule has 20 heavy (non-hydrogen) atoms. The molecule has 1 aromatic carbocycles. The predicted molar refractivity (Wildman–Crippen MR) is 82.0 cm³/mol. The van der Waals surface area contributed by atoms with Crippen molar-refractivity contribution in [3.63, 3.8) is 0 Å². The minimum Gasteiger partial charge on any atom is -0.397 e. The fourth-order valence-corrected chi connectivity index (χ4v) is 2.96. The van der Waals surface area contributed by atoms with Crippen molar-refractivity contribution in [2.75, 3.05) is 5.73 Å². The first-order valence-corrected chi connectivity index (χ1v) is 7.02. The first-order chi connectivity index (χ1) is 9.22. The van der Waals surface area contributed by atoms with E-state index in [1.165, 1.54) is 25.2 Å². The van der Waals surface area contributed by atoms with Crippen LogP contribution in [0.25, 0.3) is 10.1 Å². The number of rotatable bonds is 3. The third kappa shape index (κ3) is 2.57. The lowest BCUT2D eigenvalue weighted by Gasteiger charge is -2.21. The minimum absolute atomic E-state index is 0.344. The monoisotopic (exact) mass is 311 g/mol. The molecular weight excluding hydrogens is 298 g/mol. The summed E-state index contributed by atoms with van der Waals surface area (Å²) in [5.74, 6) is -1.04. The fraction of sp³-hybridized carbons (Fsp3) is 0.231. The topological polar surface area (TPSA) is 98.2 Å². The van der Waals surface area contributed by atoms with Gasteiger partial charge in [0.15, 0.2) is 0 Å². The Bertz CT molecular complexity index is 709. The Labute approximate surface area is 124 Å². The van der Waals surface area contributed by atoms with Crippen molar-refractivity contribution >= 4 is 50.5 Å². The number of carbonyl (C=O) groups excluding carboxylic acids is 2. The lowest BCUT2D eigenvalue weighted by Crippen LogP contribution is -2.52. The summed E-state index contributed by atoms with van der Waals surface area (Å²) >= 11 is 7.14. The minimum atomic E-state index is -1.14. The van der Waals surface area contributed by atoms with E-state index in [9.17, 15) is 9.59 Å². The van der Waals surface area contributed by atoms with Crippen LogP contribution in [-0.4, -0.2) is 17.4 Å². The maximum Gasteiger partial charge on any atom is 0.264 e. The number of hydrogen-bond acceptors (Lipinski definition) is 4. The Morgan fingerprint density at radius 3 is 2.60 bits per heavy atom. The first-order valence-electron chi connectivity index (χ1n) is 5.82. The van der Waals surface area contributed by atoms with E-state index in [1.54, 1.807) is 18.2 Å². The van der Waals surface area contributed by atoms with Crippen molar-refractivity contribution in [3.8, 4) is 0 Å². The molecule has 0 spiro atoms. The van der Waals surface area contributed by atoms with Gasteiger partial charge in [-0.3, -0.25) is 9.59 Å². The lowest BCUT2D eigenvalue weighted by atomic mass is 10.1. The van der Waals surface area contributed by atoms with Crippen LogP contribution in [0.15, 0.2) is 18.2 Å². The number of carbonyl (C=O) groups is 2. The Morgan fingerprint density at radius 1 is 1.35 bits per heavy atom. The van der Waals surface area contributed by atoms with Gasteiger partial charge in [-0.2, -0.15) is 0 Å². The summed E-state index contributed by atoms with van der Waals surface area (Å²) in [7, 11) is 0. The van der Waals surface area contributed by atoms with E-state index in [0.29, 0.717) is 15.6 Å². The van der Waals surface area contributed by atoms with Gasteiger partial charge in [0.25, 0.3) is 5.91 Å². The number of thiophene rings is 1. The van der Waals surface area contributed by atoms with Gasteiger partial charge in [-0.05, 0) is 32.0 Å². The van der Waals surface area contributed by atoms with Gasteiger partial charge in [0, 0.05) is 15.1 Å². The highest BCUT2D eigenvalue weighted by Crippen LogP contribution is 2.35. The second kappa shape index (κ2) is 4.96. The highest BCUT2D eigenvalue weighted by molar-refractivity contribution is 7.21. The number of anilines is 1. The molecule has 5 N–H and O–H groups in total. The average Bonchev–Trinajstić information content (AvgIpc) is 2.65. The third-order valence-corrected chi connectivity index (χ3v) is 4.34. The Balaban J connectivity index is 2.41. The molecule has 5 nitrogen and oxygen atoms in total. The summed E-state index contributed by atoms with van der Waals surface area (Å²) in [6.07, 6.45) is 0. The van der Waals surface area contributed by atoms with Crippen molar-refractivity contribution in [1.29, 1.82) is 0 Å². The van der Waals surface area contributed by atoms with Crippen LogP contribution in [0.3, 0.4) is 0 Å². The fourth-order valence-electron chi connectivity index (χ4n) is 1.66. The molecule has 1 heterocycles. The number of fused-ring (bicyclic) bond motifs is 1. The summed E-state index contributed by atoms with van der Waals surface area (Å²) < 4.78 is 0.817. The molecule has 7 heteroatoms. The molecule has 2 rings (SSSR count). The predicted octanol–water partition coefficient (Wildman–Crippen LogP) is 2.13. The normalized spacial score (nSPS) is 11.6. The number of nitrogens with one attached hydrogen (secondary N) is 1. The molecule has 0 atom stereocenters. The first kappa shape index (κ1) is 14.6. The van der Waals surface area contributed by atoms with E-state index < -0.39 is 17.4 Å². The van der Waals surface area contributed by atoms with Gasteiger partial charge in [0.05, 0.1) is 5.69 Å². The molecule has 106 valence electrons. The van der Waals surface area contributed by atoms with Gasteiger partial charge in [0.1, 0.15) is 10.4 Å². The number of primary amides is 1. The number of benzene rings is 1. The zero-order chi connectivity index (χ0) is 15.1. The average molecular weight is 312 g/mol. The number of amides is 2. The number of halogens is 1. The van der Waals surface area contributed by atoms with Crippen molar-refractivity contribution in [3.05, 3.63) is 28.1 Å². The summed E-state index contributed by atoms with van der Waals surface area (Å²) in [5.41, 5.74) is 10.4. The zero-order valence-electron chi connectivity index (χ0n) is 11.0. The largest absolute Gasteiger partial charge is 0.397 e. The molecule has 2 amide bonds. The van der Waals surface area contributed by atoms with E-state index in [4.69, 9.17) is 23.1 Å². The summed E-state index contributed by atoms with van der Waals surface area (Å²) in [6.45, 7) is 3.07. The van der Waals surface area contributed by atoms with Gasteiger partial charge < -0.3 is 16.8 Å². The van der Waals surface area contributed by atoms with E-state index in [-0.39, 0.29) is 0 Å². The van der Waals surface area contributed by atoms with Crippen LogP contribution in [0.1, 0.15) is 23.5 Å². The van der Waals surface area contributed by atoms with Crippen LogP contribution in [0.2, 0.25) is 5.02 Å². The van der Waals surface area contributed by atoms with Crippen LogP contribution >= 0.6 is 22.9 Å². The number of nitrogens with two attached hydrogens (primary N) is 2. The second-order valence-electron chi connectivity index (χ2n) is 4.93. The van der Waals surface area contributed by atoms with Crippen LogP contribution in [-0.2, 0) is 4.79 Å². The SMILES string of the molecule is CC(C)(NC(=O)c1sc2cc(Cl)ccc2c1N)C(N)=O. The van der Waals surface area contributed by atoms with Crippen molar-refractivity contribution < 1.29 is 9.59 Å². The molecule has 2 aromatic rings. The molecule has 0 radical (unpaired) electrons. The van der Waals surface area contributed by atoms with Gasteiger partial charge in [-0.1, -0.05) is 11.6 Å². The highest BCUT2D eigenvalue weighted by atomic mass is 35.5. The van der Waals surface area contributed by atoms with Crippen LogP contribution in [0.5, 0.6) is 0 Å². The zero-order valence-corrected chi connectivity index (χ0v) is 12.6.